The van der Waals surface area contributed by atoms with Crippen LogP contribution in [0.4, 0.5) is 4.39 Å². The Morgan fingerprint density at radius 1 is 1.22 bits per heavy atom. The van der Waals surface area contributed by atoms with E-state index in [1.54, 1.807) is 4.98 Å². The first-order valence-corrected chi connectivity index (χ1v) is 13.1. The zero-order valence-electron chi connectivity index (χ0n) is 15.3. The van der Waals surface area contributed by atoms with Crippen LogP contribution in [-0.2, 0) is 31.6 Å². The number of halogens is 2. The zero-order valence-corrected chi connectivity index (χ0v) is 19.6. The summed E-state index contributed by atoms with van der Waals surface area (Å²) in [5.74, 6) is -3.55. The van der Waals surface area contributed by atoms with Crippen molar-refractivity contribution in [2.45, 2.75) is 30.7 Å². The number of phosphoric acid groups is 3. The zero-order chi connectivity index (χ0) is 24.9. The molecule has 0 bridgehead atoms. The van der Waals surface area contributed by atoms with Crippen molar-refractivity contribution < 1.29 is 65.8 Å². The molecule has 0 aromatic carbocycles. The second-order valence-electron chi connectivity index (χ2n) is 6.39. The van der Waals surface area contributed by atoms with E-state index in [0.29, 0.717) is 4.57 Å². The fourth-order valence-electron chi connectivity index (χ4n) is 2.50. The van der Waals surface area contributed by atoms with Crippen LogP contribution in [0.2, 0.25) is 0 Å². The van der Waals surface area contributed by atoms with Gasteiger partial charge in [0.05, 0.1) is 4.47 Å². The lowest BCUT2D eigenvalue weighted by atomic mass is 9.95. The van der Waals surface area contributed by atoms with E-state index >= 15 is 4.39 Å². The Morgan fingerprint density at radius 3 is 2.31 bits per heavy atom. The summed E-state index contributed by atoms with van der Waals surface area (Å²) in [5, 5.41) is 20.6. The largest absolute Gasteiger partial charge is 0.490 e. The predicted octanol–water partition coefficient (Wildman–Crippen LogP) is -1.05. The number of H-pyrrole nitrogens is 1. The number of aliphatic hydroxyl groups excluding tert-OH is 1. The van der Waals surface area contributed by atoms with Crippen LogP contribution in [0.1, 0.15) is 13.2 Å². The molecule has 0 saturated carbocycles. The van der Waals surface area contributed by atoms with E-state index in [-0.39, 0.29) is 4.47 Å². The first kappa shape index (κ1) is 27.6. The molecular weight excluding hydrogens is 580 g/mol. The van der Waals surface area contributed by atoms with Crippen LogP contribution in [-0.4, -0.2) is 63.5 Å². The standard InChI is InChI=1S/C10H15BrFN2O15P3/c1-9(18)6(16)10(12,27-7(9)14-2-4(11)5(15)13-8(14)17)3-26-31(22,23)29-32(24,25)28-30(19,20)21/h2,6-7,16,18H,3H2,1H3,(H,22,23)(H,24,25)(H,13,15,17)(H2,19,20,21)/t6-,7+,9+,10+/m0/s1. The third-order valence-electron chi connectivity index (χ3n) is 3.79. The minimum absolute atomic E-state index is 0.254. The Kier molecular flexibility index (Phi) is 7.65. The maximum Gasteiger partial charge on any atom is 0.490 e. The lowest BCUT2D eigenvalue weighted by molar-refractivity contribution is -0.205. The molecule has 32 heavy (non-hydrogen) atoms. The summed E-state index contributed by atoms with van der Waals surface area (Å²) in [6.07, 6.45) is -3.82. The topological polar surface area (TPSA) is 264 Å². The molecule has 184 valence electrons. The molecule has 1 aromatic rings. The van der Waals surface area contributed by atoms with Gasteiger partial charge in [0.25, 0.3) is 11.4 Å². The smallest absolute Gasteiger partial charge is 0.384 e. The van der Waals surface area contributed by atoms with Crippen LogP contribution < -0.4 is 11.2 Å². The molecule has 1 aromatic heterocycles. The van der Waals surface area contributed by atoms with Gasteiger partial charge in [-0.25, -0.2) is 22.9 Å². The molecule has 0 spiro atoms. The number of ether oxygens (including phenoxy) is 1. The van der Waals surface area contributed by atoms with E-state index in [9.17, 15) is 38.4 Å². The Morgan fingerprint density at radius 2 is 1.78 bits per heavy atom. The molecule has 0 aliphatic carbocycles. The molecule has 0 radical (unpaired) electrons. The maximum atomic E-state index is 15.2. The number of aliphatic hydroxyl groups is 2. The highest BCUT2D eigenvalue weighted by Gasteiger charge is 2.64. The fraction of sp³-hybridized carbons (Fsp3) is 0.600. The average Bonchev–Trinajstić information content (AvgIpc) is 2.74. The fourth-order valence-corrected chi connectivity index (χ4v) is 5.85. The van der Waals surface area contributed by atoms with Gasteiger partial charge in [-0.15, -0.1) is 0 Å². The third kappa shape index (κ3) is 6.28. The summed E-state index contributed by atoms with van der Waals surface area (Å²) in [6.45, 7) is -0.969. The Hall–Kier alpha value is -0.620. The van der Waals surface area contributed by atoms with Gasteiger partial charge in [0.1, 0.15) is 18.3 Å². The van der Waals surface area contributed by atoms with Crippen LogP contribution in [0.25, 0.3) is 0 Å². The predicted molar refractivity (Wildman–Crippen MR) is 99.4 cm³/mol. The van der Waals surface area contributed by atoms with Crippen molar-refractivity contribution in [3.63, 3.8) is 0 Å². The number of hydrogen-bond acceptors (Lipinski definition) is 11. The van der Waals surface area contributed by atoms with E-state index in [1.807, 2.05) is 0 Å². The average molecular weight is 595 g/mol. The van der Waals surface area contributed by atoms with E-state index in [4.69, 9.17) is 19.4 Å². The molecule has 1 fully saturated rings. The maximum absolute atomic E-state index is 15.2. The van der Waals surface area contributed by atoms with Gasteiger partial charge in [-0.1, -0.05) is 0 Å². The lowest BCUT2D eigenvalue weighted by Crippen LogP contribution is -2.50. The summed E-state index contributed by atoms with van der Waals surface area (Å²) >= 11 is 2.79. The quantitative estimate of drug-likeness (QED) is 0.177. The monoisotopic (exact) mass is 594 g/mol. The number of rotatable bonds is 8. The molecule has 2 heterocycles. The molecule has 1 aliphatic rings. The van der Waals surface area contributed by atoms with Gasteiger partial charge in [-0.05, 0) is 22.9 Å². The molecule has 0 amide bonds. The van der Waals surface area contributed by atoms with Crippen molar-refractivity contribution in [2.24, 2.45) is 0 Å². The van der Waals surface area contributed by atoms with Crippen molar-refractivity contribution in [3.8, 4) is 0 Å². The molecule has 22 heteroatoms. The van der Waals surface area contributed by atoms with Crippen LogP contribution >= 0.6 is 39.4 Å². The summed E-state index contributed by atoms with van der Waals surface area (Å²) < 4.78 is 64.8. The normalized spacial score (nSPS) is 32.4. The highest BCUT2D eigenvalue weighted by molar-refractivity contribution is 9.10. The van der Waals surface area contributed by atoms with Gasteiger partial charge in [-0.2, -0.15) is 8.62 Å². The summed E-state index contributed by atoms with van der Waals surface area (Å²) in [7, 11) is -17.4. The van der Waals surface area contributed by atoms with Gasteiger partial charge < -0.3 is 34.5 Å². The van der Waals surface area contributed by atoms with Crippen molar-refractivity contribution in [1.29, 1.82) is 0 Å². The second-order valence-corrected chi connectivity index (χ2v) is 11.7. The van der Waals surface area contributed by atoms with Crippen LogP contribution in [0.15, 0.2) is 20.3 Å². The summed E-state index contributed by atoms with van der Waals surface area (Å²) in [5.41, 5.74) is -4.70. The lowest BCUT2D eigenvalue weighted by Gasteiger charge is -2.27. The Labute approximate surface area is 183 Å². The van der Waals surface area contributed by atoms with Crippen LogP contribution in [0.5, 0.6) is 0 Å². The minimum Gasteiger partial charge on any atom is -0.384 e. The number of nitrogens with one attached hydrogen (secondary N) is 1. The SMILES string of the molecule is C[C@]1(O)[C@H](n2cc(Br)c(=O)[nH]c2=O)O[C@](F)(COP(=O)(O)OP(=O)(O)OP(=O)(O)O)[C@H]1O. The minimum atomic E-state index is -5.90. The van der Waals surface area contributed by atoms with E-state index in [1.165, 1.54) is 0 Å². The van der Waals surface area contributed by atoms with Gasteiger partial charge in [0.15, 0.2) is 6.23 Å². The number of phosphoric ester groups is 1. The number of nitrogens with zero attached hydrogens (tertiary/aromatic N) is 1. The first-order chi connectivity index (χ1) is 14.2. The van der Waals surface area contributed by atoms with E-state index < -0.39 is 65.1 Å². The summed E-state index contributed by atoms with van der Waals surface area (Å²) in [6, 6.07) is 0. The number of aromatic nitrogens is 2. The molecule has 1 aliphatic heterocycles. The second kappa shape index (κ2) is 8.87. The van der Waals surface area contributed by atoms with Crippen molar-refractivity contribution in [1.82, 2.24) is 9.55 Å². The van der Waals surface area contributed by atoms with Crippen molar-refractivity contribution >= 4 is 39.4 Å². The van der Waals surface area contributed by atoms with Gasteiger partial charge in [0, 0.05) is 6.20 Å². The van der Waals surface area contributed by atoms with Gasteiger partial charge >= 0.3 is 29.2 Å². The third-order valence-corrected chi connectivity index (χ3v) is 8.13. The first-order valence-electron chi connectivity index (χ1n) is 7.76. The highest BCUT2D eigenvalue weighted by atomic mass is 79.9. The Bertz CT molecular complexity index is 1150. The number of hydrogen-bond donors (Lipinski definition) is 7. The van der Waals surface area contributed by atoms with E-state index in [0.717, 1.165) is 13.1 Å². The van der Waals surface area contributed by atoms with Crippen LogP contribution in [0.3, 0.4) is 0 Å². The molecule has 2 rings (SSSR count). The number of alkyl halides is 1. The van der Waals surface area contributed by atoms with Crippen molar-refractivity contribution in [2.75, 3.05) is 6.61 Å². The Balaban J connectivity index is 2.26. The van der Waals surface area contributed by atoms with Gasteiger partial charge in [-0.3, -0.25) is 18.9 Å². The molecule has 1 saturated heterocycles. The van der Waals surface area contributed by atoms with Crippen LogP contribution in [0, 0.1) is 0 Å². The van der Waals surface area contributed by atoms with Gasteiger partial charge in [0.2, 0.25) is 0 Å². The molecule has 17 nitrogen and oxygen atoms in total. The summed E-state index contributed by atoms with van der Waals surface area (Å²) in [4.78, 5) is 60.6. The molecule has 7 N–H and O–H groups in total. The van der Waals surface area contributed by atoms with Crippen molar-refractivity contribution in [3.05, 3.63) is 31.5 Å². The molecule has 2 unspecified atom stereocenters. The molecule has 6 atom stereocenters. The molecular formula is C10H15BrFN2O15P3. The van der Waals surface area contributed by atoms with E-state index in [2.05, 4.69) is 29.1 Å². The number of aromatic amines is 1. The highest BCUT2D eigenvalue weighted by Crippen LogP contribution is 2.66.